The van der Waals surface area contributed by atoms with Crippen LogP contribution in [0.4, 0.5) is 13.2 Å². The molecule has 0 radical (unpaired) electrons. The Labute approximate surface area is 111 Å². The summed E-state index contributed by atoms with van der Waals surface area (Å²) >= 11 is 0. The Balaban J connectivity index is 2.74. The summed E-state index contributed by atoms with van der Waals surface area (Å²) in [5, 5.41) is 9.14. The smallest absolute Gasteiger partial charge is 0.293 e. The highest BCUT2D eigenvalue weighted by Crippen LogP contribution is 2.21. The van der Waals surface area contributed by atoms with Crippen LogP contribution < -0.4 is 0 Å². The zero-order chi connectivity index (χ0) is 14.3. The number of hydrogen-bond donors (Lipinski definition) is 0. The van der Waals surface area contributed by atoms with E-state index in [9.17, 15) is 13.2 Å². The molecule has 104 valence electrons. The van der Waals surface area contributed by atoms with Gasteiger partial charge in [-0.05, 0) is 18.5 Å². The zero-order valence-corrected chi connectivity index (χ0v) is 10.8. The van der Waals surface area contributed by atoms with Crippen molar-refractivity contribution < 1.29 is 13.2 Å². The van der Waals surface area contributed by atoms with Gasteiger partial charge < -0.3 is 0 Å². The van der Waals surface area contributed by atoms with Crippen molar-refractivity contribution >= 4 is 0 Å². The molecule has 0 N–H and O–H groups in total. The standard InChI is InChI=1S/C14H17F3N2/c1-2-8-19(11-14(15,16)17)10-13(9-18)12-6-4-3-5-7-12/h3-7,13H,2,8,10-11H2,1H3. The molecular weight excluding hydrogens is 253 g/mol. The van der Waals surface area contributed by atoms with Crippen LogP contribution in [0.5, 0.6) is 0 Å². The number of hydrogen-bond acceptors (Lipinski definition) is 2. The van der Waals surface area contributed by atoms with Gasteiger partial charge in [-0.2, -0.15) is 18.4 Å². The Kier molecular flexibility index (Phi) is 5.84. The van der Waals surface area contributed by atoms with Gasteiger partial charge in [0, 0.05) is 6.54 Å². The first kappa shape index (κ1) is 15.5. The summed E-state index contributed by atoms with van der Waals surface area (Å²) in [7, 11) is 0. The molecule has 0 heterocycles. The monoisotopic (exact) mass is 270 g/mol. The summed E-state index contributed by atoms with van der Waals surface area (Å²) in [6, 6.07) is 11.0. The largest absolute Gasteiger partial charge is 0.401 e. The molecule has 1 aromatic rings. The van der Waals surface area contributed by atoms with Crippen LogP contribution in [0.25, 0.3) is 0 Å². The normalized spacial score (nSPS) is 13.3. The van der Waals surface area contributed by atoms with Gasteiger partial charge in [0.15, 0.2) is 0 Å². The van der Waals surface area contributed by atoms with Gasteiger partial charge in [-0.1, -0.05) is 37.3 Å². The van der Waals surface area contributed by atoms with Crippen molar-refractivity contribution in [3.63, 3.8) is 0 Å². The quantitative estimate of drug-likeness (QED) is 0.790. The van der Waals surface area contributed by atoms with E-state index in [4.69, 9.17) is 5.26 Å². The first-order chi connectivity index (χ1) is 8.96. The van der Waals surface area contributed by atoms with E-state index in [1.807, 2.05) is 13.0 Å². The van der Waals surface area contributed by atoms with Gasteiger partial charge in [-0.3, -0.25) is 4.90 Å². The van der Waals surface area contributed by atoms with Crippen LogP contribution in [0.1, 0.15) is 24.8 Å². The van der Waals surface area contributed by atoms with Crippen LogP contribution in [0, 0.1) is 11.3 Å². The lowest BCUT2D eigenvalue weighted by Crippen LogP contribution is -2.37. The second-order valence-corrected chi connectivity index (χ2v) is 4.44. The number of rotatable bonds is 6. The Hall–Kier alpha value is -1.54. The second-order valence-electron chi connectivity index (χ2n) is 4.44. The predicted octanol–water partition coefficient (Wildman–Crippen LogP) is 3.57. The maximum atomic E-state index is 12.5. The molecule has 19 heavy (non-hydrogen) atoms. The molecule has 0 fully saturated rings. The molecule has 1 unspecified atom stereocenters. The fourth-order valence-corrected chi connectivity index (χ4v) is 1.97. The third-order valence-corrected chi connectivity index (χ3v) is 2.74. The average molecular weight is 270 g/mol. The molecule has 1 atom stereocenters. The van der Waals surface area contributed by atoms with Gasteiger partial charge in [0.1, 0.15) is 0 Å². The van der Waals surface area contributed by atoms with Gasteiger partial charge in [0.05, 0.1) is 18.5 Å². The summed E-state index contributed by atoms with van der Waals surface area (Å²) in [4.78, 5) is 1.29. The fraction of sp³-hybridized carbons (Fsp3) is 0.500. The summed E-state index contributed by atoms with van der Waals surface area (Å²) in [6.45, 7) is 1.30. The minimum absolute atomic E-state index is 0.105. The van der Waals surface area contributed by atoms with Crippen LogP contribution in [0.3, 0.4) is 0 Å². The van der Waals surface area contributed by atoms with Gasteiger partial charge in [-0.15, -0.1) is 0 Å². The van der Waals surface area contributed by atoms with Gasteiger partial charge >= 0.3 is 6.18 Å². The highest BCUT2D eigenvalue weighted by molar-refractivity contribution is 5.25. The van der Waals surface area contributed by atoms with Gasteiger partial charge in [-0.25, -0.2) is 0 Å². The van der Waals surface area contributed by atoms with Crippen molar-refractivity contribution in [1.29, 1.82) is 5.26 Å². The third-order valence-electron chi connectivity index (χ3n) is 2.74. The number of nitriles is 1. The summed E-state index contributed by atoms with van der Waals surface area (Å²) in [5.41, 5.74) is 0.758. The summed E-state index contributed by atoms with van der Waals surface area (Å²) in [6.07, 6.45) is -3.60. The van der Waals surface area contributed by atoms with Gasteiger partial charge in [0.2, 0.25) is 0 Å². The molecule has 0 saturated carbocycles. The van der Waals surface area contributed by atoms with Gasteiger partial charge in [0.25, 0.3) is 0 Å². The van der Waals surface area contributed by atoms with Crippen LogP contribution >= 0.6 is 0 Å². The van der Waals surface area contributed by atoms with E-state index < -0.39 is 18.6 Å². The minimum Gasteiger partial charge on any atom is -0.293 e. The van der Waals surface area contributed by atoms with Crippen molar-refractivity contribution in [2.75, 3.05) is 19.6 Å². The maximum Gasteiger partial charge on any atom is 0.401 e. The SMILES string of the molecule is CCCN(CC(C#N)c1ccccc1)CC(F)(F)F. The molecule has 0 aliphatic heterocycles. The number of nitrogens with zero attached hydrogens (tertiary/aromatic N) is 2. The maximum absolute atomic E-state index is 12.5. The van der Waals surface area contributed by atoms with E-state index in [1.54, 1.807) is 24.3 Å². The zero-order valence-electron chi connectivity index (χ0n) is 10.8. The fourth-order valence-electron chi connectivity index (χ4n) is 1.97. The number of halogens is 3. The predicted molar refractivity (Wildman–Crippen MR) is 67.6 cm³/mol. The third kappa shape index (κ3) is 5.75. The topological polar surface area (TPSA) is 27.0 Å². The van der Waals surface area contributed by atoms with Crippen LogP contribution in [0.15, 0.2) is 30.3 Å². The molecule has 0 amide bonds. The van der Waals surface area contributed by atoms with Crippen LogP contribution in [-0.2, 0) is 0 Å². The number of alkyl halides is 3. The van der Waals surface area contributed by atoms with E-state index in [1.165, 1.54) is 4.90 Å². The lowest BCUT2D eigenvalue weighted by molar-refractivity contribution is -0.146. The molecule has 0 spiro atoms. The van der Waals surface area contributed by atoms with E-state index in [-0.39, 0.29) is 6.54 Å². The molecule has 0 aliphatic rings. The molecule has 5 heteroatoms. The molecule has 0 aromatic heterocycles. The Morgan fingerprint density at radius 1 is 1.26 bits per heavy atom. The van der Waals surface area contributed by atoms with Crippen molar-refractivity contribution in [1.82, 2.24) is 4.90 Å². The Morgan fingerprint density at radius 3 is 2.37 bits per heavy atom. The van der Waals surface area contributed by atoms with Crippen molar-refractivity contribution in [3.05, 3.63) is 35.9 Å². The minimum atomic E-state index is -4.23. The Bertz CT molecular complexity index is 409. The molecule has 2 nitrogen and oxygen atoms in total. The molecule has 0 aliphatic carbocycles. The second kappa shape index (κ2) is 7.15. The lowest BCUT2D eigenvalue weighted by atomic mass is 10.00. The van der Waals surface area contributed by atoms with E-state index in [0.29, 0.717) is 13.0 Å². The van der Waals surface area contributed by atoms with E-state index >= 15 is 0 Å². The highest BCUT2D eigenvalue weighted by atomic mass is 19.4. The first-order valence-electron chi connectivity index (χ1n) is 6.20. The average Bonchev–Trinajstić information content (AvgIpc) is 2.35. The summed E-state index contributed by atoms with van der Waals surface area (Å²) in [5.74, 6) is -0.532. The van der Waals surface area contributed by atoms with Crippen LogP contribution in [-0.4, -0.2) is 30.7 Å². The highest BCUT2D eigenvalue weighted by Gasteiger charge is 2.31. The lowest BCUT2D eigenvalue weighted by Gasteiger charge is -2.25. The Morgan fingerprint density at radius 2 is 1.89 bits per heavy atom. The molecule has 0 saturated heterocycles. The summed E-state index contributed by atoms with van der Waals surface area (Å²) < 4.78 is 37.4. The first-order valence-corrected chi connectivity index (χ1v) is 6.20. The van der Waals surface area contributed by atoms with Crippen molar-refractivity contribution in [2.24, 2.45) is 0 Å². The molecule has 1 rings (SSSR count). The van der Waals surface area contributed by atoms with Crippen molar-refractivity contribution in [2.45, 2.75) is 25.4 Å². The van der Waals surface area contributed by atoms with Crippen molar-refractivity contribution in [3.8, 4) is 6.07 Å². The van der Waals surface area contributed by atoms with Crippen LogP contribution in [0.2, 0.25) is 0 Å². The van der Waals surface area contributed by atoms with E-state index in [0.717, 1.165) is 5.56 Å². The number of benzene rings is 1. The molecule has 0 bridgehead atoms. The van der Waals surface area contributed by atoms with E-state index in [2.05, 4.69) is 6.07 Å². The molecule has 1 aromatic carbocycles. The molecular formula is C14H17F3N2.